The number of carbonyl (C=O) groups is 1. The number of aromatic nitrogens is 1. The number of benzene rings is 2. The van der Waals surface area contributed by atoms with Crippen LogP contribution in [0.5, 0.6) is 23.0 Å². The van der Waals surface area contributed by atoms with Gasteiger partial charge in [-0.1, -0.05) is 38.1 Å². The SMILES string of the molecule is C=CC(=O)N1CCN2Cc3c(Oc4c(C)ccnc4C(C)C)cc(-c4c(O)cccc4F)c(Cl)c3OC[C@@H]2C1. The molecule has 2 aliphatic heterocycles. The fourth-order valence-corrected chi connectivity index (χ4v) is 5.51. The van der Waals surface area contributed by atoms with Gasteiger partial charge in [0.1, 0.15) is 29.7 Å². The first kappa shape index (κ1) is 27.0. The third-order valence-corrected chi connectivity index (χ3v) is 7.68. The van der Waals surface area contributed by atoms with Crippen LogP contribution in [-0.2, 0) is 11.3 Å². The van der Waals surface area contributed by atoms with Gasteiger partial charge in [-0.05, 0) is 48.7 Å². The van der Waals surface area contributed by atoms with Crippen LogP contribution in [-0.4, -0.2) is 58.1 Å². The third kappa shape index (κ3) is 5.06. The van der Waals surface area contributed by atoms with E-state index in [1.165, 1.54) is 24.3 Å². The van der Waals surface area contributed by atoms with Crippen molar-refractivity contribution in [3.63, 3.8) is 0 Å². The van der Waals surface area contributed by atoms with Crippen LogP contribution in [0.3, 0.4) is 0 Å². The van der Waals surface area contributed by atoms with Gasteiger partial charge in [0.25, 0.3) is 0 Å². The van der Waals surface area contributed by atoms with Crippen molar-refractivity contribution in [2.24, 2.45) is 0 Å². The van der Waals surface area contributed by atoms with E-state index < -0.39 is 5.82 Å². The van der Waals surface area contributed by atoms with Crippen molar-refractivity contribution < 1.29 is 23.8 Å². The second kappa shape index (κ2) is 10.9. The number of ether oxygens (including phenoxy) is 2. The average Bonchev–Trinajstić information content (AvgIpc) is 3.11. The topological polar surface area (TPSA) is 75.1 Å². The molecule has 1 aromatic heterocycles. The van der Waals surface area contributed by atoms with E-state index in [4.69, 9.17) is 21.1 Å². The number of aromatic hydroxyl groups is 1. The van der Waals surface area contributed by atoms with E-state index in [0.29, 0.717) is 49.0 Å². The second-order valence-electron chi connectivity index (χ2n) is 10.2. The smallest absolute Gasteiger partial charge is 0.246 e. The summed E-state index contributed by atoms with van der Waals surface area (Å²) in [5.41, 5.74) is 2.63. The van der Waals surface area contributed by atoms with Crippen molar-refractivity contribution in [3.8, 4) is 34.1 Å². The molecule has 2 aliphatic rings. The van der Waals surface area contributed by atoms with Crippen LogP contribution in [0.4, 0.5) is 4.39 Å². The molecule has 1 N–H and O–H groups in total. The largest absolute Gasteiger partial charge is 0.507 e. The first-order valence-electron chi connectivity index (χ1n) is 12.9. The summed E-state index contributed by atoms with van der Waals surface area (Å²) >= 11 is 6.90. The van der Waals surface area contributed by atoms with Gasteiger partial charge in [0.15, 0.2) is 5.75 Å². The fraction of sp³-hybridized carbons (Fsp3) is 0.333. The van der Waals surface area contributed by atoms with E-state index >= 15 is 4.39 Å². The number of pyridine rings is 1. The van der Waals surface area contributed by atoms with Gasteiger partial charge < -0.3 is 19.5 Å². The van der Waals surface area contributed by atoms with Gasteiger partial charge in [0, 0.05) is 37.9 Å². The molecule has 7 nitrogen and oxygen atoms in total. The van der Waals surface area contributed by atoms with Crippen LogP contribution in [0, 0.1) is 12.7 Å². The average molecular weight is 552 g/mol. The minimum absolute atomic E-state index is 0.0320. The van der Waals surface area contributed by atoms with Gasteiger partial charge in [-0.25, -0.2) is 4.39 Å². The van der Waals surface area contributed by atoms with Crippen LogP contribution in [0.25, 0.3) is 11.1 Å². The van der Waals surface area contributed by atoms with Crippen molar-refractivity contribution in [2.75, 3.05) is 26.2 Å². The lowest BCUT2D eigenvalue weighted by Gasteiger charge is -2.39. The molecule has 1 fully saturated rings. The fourth-order valence-electron chi connectivity index (χ4n) is 5.19. The van der Waals surface area contributed by atoms with Crippen molar-refractivity contribution in [3.05, 3.63) is 76.8 Å². The molecule has 39 heavy (non-hydrogen) atoms. The molecule has 1 atom stereocenters. The summed E-state index contributed by atoms with van der Waals surface area (Å²) in [4.78, 5) is 20.8. The highest BCUT2D eigenvalue weighted by atomic mass is 35.5. The number of amides is 1. The number of piperazine rings is 1. The van der Waals surface area contributed by atoms with Crippen molar-refractivity contribution >= 4 is 17.5 Å². The Morgan fingerprint density at radius 1 is 1.33 bits per heavy atom. The molecule has 1 saturated heterocycles. The number of halogens is 2. The van der Waals surface area contributed by atoms with E-state index in [0.717, 1.165) is 11.3 Å². The summed E-state index contributed by atoms with van der Waals surface area (Å²) in [6, 6.07) is 7.57. The highest BCUT2D eigenvalue weighted by Crippen LogP contribution is 2.49. The van der Waals surface area contributed by atoms with Gasteiger partial charge in [-0.2, -0.15) is 0 Å². The van der Waals surface area contributed by atoms with Crippen LogP contribution in [0.2, 0.25) is 5.02 Å². The number of fused-ring (bicyclic) bond motifs is 2. The van der Waals surface area contributed by atoms with Gasteiger partial charge in [-0.15, -0.1) is 0 Å². The maximum absolute atomic E-state index is 15.1. The van der Waals surface area contributed by atoms with Crippen molar-refractivity contribution in [1.29, 1.82) is 0 Å². The summed E-state index contributed by atoms with van der Waals surface area (Å²) in [5.74, 6) is 0.537. The number of nitrogens with zero attached hydrogens (tertiary/aromatic N) is 3. The molecule has 0 saturated carbocycles. The van der Waals surface area contributed by atoms with Gasteiger partial charge >= 0.3 is 0 Å². The molecule has 5 rings (SSSR count). The van der Waals surface area contributed by atoms with Gasteiger partial charge in [-0.3, -0.25) is 14.7 Å². The Hall–Kier alpha value is -3.62. The molecule has 0 radical (unpaired) electrons. The summed E-state index contributed by atoms with van der Waals surface area (Å²) in [5, 5.41) is 10.8. The number of phenols is 1. The number of hydrogen-bond donors (Lipinski definition) is 1. The Morgan fingerprint density at radius 2 is 2.13 bits per heavy atom. The molecule has 3 heterocycles. The van der Waals surface area contributed by atoms with Crippen LogP contribution < -0.4 is 9.47 Å². The minimum atomic E-state index is -0.618. The Kier molecular flexibility index (Phi) is 7.51. The Balaban J connectivity index is 1.65. The van der Waals surface area contributed by atoms with Crippen LogP contribution in [0.1, 0.15) is 36.6 Å². The molecule has 2 aromatic carbocycles. The molecule has 0 spiro atoms. The lowest BCUT2D eigenvalue weighted by Crippen LogP contribution is -2.55. The molecule has 3 aromatic rings. The lowest BCUT2D eigenvalue weighted by molar-refractivity contribution is -0.129. The molecular weight excluding hydrogens is 521 g/mol. The number of aryl methyl sites for hydroxylation is 1. The van der Waals surface area contributed by atoms with E-state index in [2.05, 4.69) is 16.5 Å². The number of phenolic OH excluding ortho intramolecular Hbond substituents is 1. The summed E-state index contributed by atoms with van der Waals surface area (Å²) in [7, 11) is 0. The van der Waals surface area contributed by atoms with Crippen LogP contribution >= 0.6 is 11.6 Å². The summed E-state index contributed by atoms with van der Waals surface area (Å²) in [6.07, 6.45) is 3.07. The second-order valence-corrected chi connectivity index (χ2v) is 10.6. The number of rotatable bonds is 5. The summed E-state index contributed by atoms with van der Waals surface area (Å²) < 4.78 is 28.0. The zero-order valence-electron chi connectivity index (χ0n) is 22.2. The molecule has 0 aliphatic carbocycles. The molecule has 204 valence electrons. The first-order valence-corrected chi connectivity index (χ1v) is 13.3. The first-order chi connectivity index (χ1) is 18.7. The standard InChI is InChI=1S/C30H31ClFN3O4/c1-5-25(37)35-12-11-34-15-21-24(39-29-18(4)9-10-33-28(29)17(2)3)13-20(26-22(32)7-6-8-23(26)36)27(31)30(21)38-16-19(34)14-35/h5-10,13,17,19,36H,1,11-12,14-16H2,2-4H3/t19-/m0/s1. The number of hydrogen-bond acceptors (Lipinski definition) is 6. The highest BCUT2D eigenvalue weighted by Gasteiger charge is 2.35. The lowest BCUT2D eigenvalue weighted by atomic mass is 9.99. The zero-order chi connectivity index (χ0) is 27.8. The molecular formula is C30H31ClFN3O4. The van der Waals surface area contributed by atoms with Gasteiger partial charge in [0.05, 0.1) is 27.9 Å². The van der Waals surface area contributed by atoms with E-state index in [9.17, 15) is 9.90 Å². The van der Waals surface area contributed by atoms with Crippen LogP contribution in [0.15, 0.2) is 49.2 Å². The zero-order valence-corrected chi connectivity index (χ0v) is 23.0. The maximum Gasteiger partial charge on any atom is 0.246 e. The van der Waals surface area contributed by atoms with E-state index in [-0.39, 0.29) is 46.4 Å². The molecule has 1 amide bonds. The Bertz CT molecular complexity index is 1420. The maximum atomic E-state index is 15.1. The Morgan fingerprint density at radius 3 is 2.85 bits per heavy atom. The molecule has 0 bridgehead atoms. The van der Waals surface area contributed by atoms with E-state index in [1.807, 2.05) is 26.8 Å². The van der Waals surface area contributed by atoms with Gasteiger partial charge in [0.2, 0.25) is 5.91 Å². The molecule has 0 unspecified atom stereocenters. The predicted molar refractivity (Wildman–Crippen MR) is 148 cm³/mol. The molecule has 9 heteroatoms. The van der Waals surface area contributed by atoms with E-state index in [1.54, 1.807) is 17.2 Å². The predicted octanol–water partition coefficient (Wildman–Crippen LogP) is 6.06. The quantitative estimate of drug-likeness (QED) is 0.388. The number of carbonyl (C=O) groups excluding carboxylic acids is 1. The third-order valence-electron chi connectivity index (χ3n) is 7.30. The monoisotopic (exact) mass is 551 g/mol. The van der Waals surface area contributed by atoms with Crippen molar-refractivity contribution in [1.82, 2.24) is 14.8 Å². The summed E-state index contributed by atoms with van der Waals surface area (Å²) in [6.45, 7) is 12.0. The highest BCUT2D eigenvalue weighted by molar-refractivity contribution is 6.35. The van der Waals surface area contributed by atoms with Crippen molar-refractivity contribution in [2.45, 2.75) is 39.3 Å². The minimum Gasteiger partial charge on any atom is -0.507 e. The normalized spacial score (nSPS) is 17.2. The Labute approximate surface area is 232 Å².